The molecule has 4 rings (SSSR count). The molecule has 3 heteroatoms. The van der Waals surface area contributed by atoms with Crippen molar-refractivity contribution in [3.63, 3.8) is 0 Å². The summed E-state index contributed by atoms with van der Waals surface area (Å²) < 4.78 is 0. The van der Waals surface area contributed by atoms with Gasteiger partial charge in [-0.3, -0.25) is 4.98 Å². The second-order valence-corrected chi connectivity index (χ2v) is 5.92. The Hall–Kier alpha value is -2.55. The predicted octanol–water partition coefficient (Wildman–Crippen LogP) is 3.99. The number of aromatic nitrogens is 1. The summed E-state index contributed by atoms with van der Waals surface area (Å²) in [5, 5.41) is 8.45. The molecule has 0 saturated carbocycles. The number of benzene rings is 2. The lowest BCUT2D eigenvalue weighted by Crippen LogP contribution is -2.34. The van der Waals surface area contributed by atoms with E-state index in [9.17, 15) is 0 Å². The van der Waals surface area contributed by atoms with Crippen molar-refractivity contribution in [3.8, 4) is 0 Å². The zero-order chi connectivity index (χ0) is 14.9. The van der Waals surface area contributed by atoms with Crippen molar-refractivity contribution < 1.29 is 0 Å². The molecule has 22 heavy (non-hydrogen) atoms. The number of hydrogen-bond donors (Lipinski definition) is 2. The molecule has 0 spiro atoms. The summed E-state index contributed by atoms with van der Waals surface area (Å²) in [6, 6.07) is 17.2. The Morgan fingerprint density at radius 1 is 1.09 bits per heavy atom. The van der Waals surface area contributed by atoms with Gasteiger partial charge in [0.25, 0.3) is 0 Å². The lowest BCUT2D eigenvalue weighted by molar-refractivity contribution is 0.724. The molecule has 3 nitrogen and oxygen atoms in total. The Labute approximate surface area is 130 Å². The maximum absolute atomic E-state index is 4.51. The van der Waals surface area contributed by atoms with E-state index in [-0.39, 0.29) is 0 Å². The van der Waals surface area contributed by atoms with Crippen molar-refractivity contribution in [1.82, 2.24) is 4.98 Å². The number of pyridine rings is 1. The average Bonchev–Trinajstić information content (AvgIpc) is 2.57. The zero-order valence-corrected chi connectivity index (χ0v) is 12.6. The van der Waals surface area contributed by atoms with Gasteiger partial charge in [-0.25, -0.2) is 0 Å². The highest BCUT2D eigenvalue weighted by molar-refractivity contribution is 5.92. The molecule has 1 aromatic heterocycles. The summed E-state index contributed by atoms with van der Waals surface area (Å²) in [6.07, 6.45) is 2.99. The molecule has 1 aliphatic heterocycles. The van der Waals surface area contributed by atoms with Crippen molar-refractivity contribution in [2.24, 2.45) is 0 Å². The highest BCUT2D eigenvalue weighted by Gasteiger charge is 2.19. The fourth-order valence-electron chi connectivity index (χ4n) is 3.18. The van der Waals surface area contributed by atoms with E-state index in [1.54, 1.807) is 0 Å². The van der Waals surface area contributed by atoms with E-state index in [0.717, 1.165) is 18.5 Å². The summed E-state index contributed by atoms with van der Waals surface area (Å²) in [4.78, 5) is 4.51. The number of fused-ring (bicyclic) bond motifs is 2. The van der Waals surface area contributed by atoms with Crippen LogP contribution in [0.5, 0.6) is 0 Å². The number of nitrogens with zero attached hydrogens (tertiary/aromatic N) is 1. The summed E-state index contributed by atoms with van der Waals surface area (Å²) in [6.45, 7) is 3.05. The van der Waals surface area contributed by atoms with Gasteiger partial charge >= 0.3 is 0 Å². The van der Waals surface area contributed by atoms with Crippen molar-refractivity contribution in [2.75, 3.05) is 17.2 Å². The molecule has 0 bridgehead atoms. The largest absolute Gasteiger partial charge is 0.383 e. The van der Waals surface area contributed by atoms with Gasteiger partial charge < -0.3 is 10.6 Å². The third kappa shape index (κ3) is 2.29. The maximum atomic E-state index is 4.51. The van der Waals surface area contributed by atoms with Crippen molar-refractivity contribution in [2.45, 2.75) is 19.4 Å². The molecule has 2 heterocycles. The molecule has 110 valence electrons. The van der Waals surface area contributed by atoms with Crippen LogP contribution in [0, 0.1) is 6.92 Å². The van der Waals surface area contributed by atoms with Crippen LogP contribution in [-0.2, 0) is 6.42 Å². The van der Waals surface area contributed by atoms with Crippen LogP contribution >= 0.6 is 0 Å². The van der Waals surface area contributed by atoms with Crippen molar-refractivity contribution >= 4 is 22.3 Å². The van der Waals surface area contributed by atoms with Crippen LogP contribution in [0.2, 0.25) is 0 Å². The van der Waals surface area contributed by atoms with E-state index in [4.69, 9.17) is 0 Å². The van der Waals surface area contributed by atoms with E-state index in [1.165, 1.54) is 27.9 Å². The minimum absolute atomic E-state index is 0.388. The summed E-state index contributed by atoms with van der Waals surface area (Å²) in [5.74, 6) is 0. The average molecular weight is 289 g/mol. The lowest BCUT2D eigenvalue weighted by Gasteiger charge is -2.28. The van der Waals surface area contributed by atoms with Gasteiger partial charge in [-0.2, -0.15) is 0 Å². The molecule has 1 unspecified atom stereocenters. The molecule has 1 atom stereocenters. The van der Waals surface area contributed by atoms with Crippen LogP contribution in [0.1, 0.15) is 11.1 Å². The van der Waals surface area contributed by atoms with E-state index >= 15 is 0 Å². The summed E-state index contributed by atoms with van der Waals surface area (Å²) in [7, 11) is 0. The van der Waals surface area contributed by atoms with Crippen LogP contribution in [0.4, 0.5) is 11.4 Å². The smallest absolute Gasteiger partial charge is 0.0722 e. The van der Waals surface area contributed by atoms with Gasteiger partial charge in [0.15, 0.2) is 0 Å². The van der Waals surface area contributed by atoms with Gasteiger partial charge in [-0.15, -0.1) is 0 Å². The van der Waals surface area contributed by atoms with Gasteiger partial charge in [0.1, 0.15) is 0 Å². The van der Waals surface area contributed by atoms with Gasteiger partial charge in [0.05, 0.1) is 5.52 Å². The molecule has 0 amide bonds. The number of hydrogen-bond acceptors (Lipinski definition) is 3. The Morgan fingerprint density at radius 3 is 2.86 bits per heavy atom. The molecule has 0 radical (unpaired) electrons. The molecular formula is C19H19N3. The highest BCUT2D eigenvalue weighted by Crippen LogP contribution is 2.28. The Kier molecular flexibility index (Phi) is 3.19. The second kappa shape index (κ2) is 5.34. The normalized spacial score (nSPS) is 16.9. The molecule has 0 fully saturated rings. The monoisotopic (exact) mass is 289 g/mol. The first kappa shape index (κ1) is 13.1. The molecule has 0 aliphatic carbocycles. The van der Waals surface area contributed by atoms with E-state index in [0.29, 0.717) is 6.04 Å². The van der Waals surface area contributed by atoms with Gasteiger partial charge in [0.2, 0.25) is 0 Å². The maximum Gasteiger partial charge on any atom is 0.0722 e. The second-order valence-electron chi connectivity index (χ2n) is 5.92. The van der Waals surface area contributed by atoms with E-state index in [2.05, 4.69) is 65.0 Å². The van der Waals surface area contributed by atoms with Crippen LogP contribution in [-0.4, -0.2) is 17.6 Å². The number of aryl methyl sites for hydroxylation is 1. The highest BCUT2D eigenvalue weighted by atomic mass is 15.0. The third-order valence-electron chi connectivity index (χ3n) is 4.34. The van der Waals surface area contributed by atoms with Gasteiger partial charge in [-0.1, -0.05) is 36.4 Å². The van der Waals surface area contributed by atoms with E-state index in [1.807, 2.05) is 12.3 Å². The van der Waals surface area contributed by atoms with Crippen LogP contribution in [0.15, 0.2) is 54.7 Å². The first-order chi connectivity index (χ1) is 10.8. The fourth-order valence-corrected chi connectivity index (χ4v) is 3.18. The zero-order valence-electron chi connectivity index (χ0n) is 12.6. The van der Waals surface area contributed by atoms with Gasteiger partial charge in [-0.05, 0) is 36.6 Å². The Bertz CT molecular complexity index is 826. The summed E-state index contributed by atoms with van der Waals surface area (Å²) in [5.41, 5.74) is 6.08. The van der Waals surface area contributed by atoms with Crippen LogP contribution < -0.4 is 10.6 Å². The Balaban J connectivity index is 1.66. The standard InChI is InChI=1S/C19H19N3/c1-13-11-20-18-9-5-3-7-16(18)19(13)22-15-10-14-6-2-4-8-17(14)21-12-15/h2-9,11,15,21H,10,12H2,1H3,(H,20,22). The number of rotatable bonds is 2. The molecule has 2 N–H and O–H groups in total. The minimum Gasteiger partial charge on any atom is -0.383 e. The minimum atomic E-state index is 0.388. The first-order valence-corrected chi connectivity index (χ1v) is 7.74. The number of nitrogens with one attached hydrogen (secondary N) is 2. The topological polar surface area (TPSA) is 37.0 Å². The van der Waals surface area contributed by atoms with E-state index < -0.39 is 0 Å². The quantitative estimate of drug-likeness (QED) is 0.749. The number of para-hydroxylation sites is 2. The lowest BCUT2D eigenvalue weighted by atomic mass is 9.99. The molecule has 3 aromatic rings. The van der Waals surface area contributed by atoms with Crippen molar-refractivity contribution in [3.05, 3.63) is 65.9 Å². The molecular weight excluding hydrogens is 270 g/mol. The fraction of sp³-hybridized carbons (Fsp3) is 0.211. The van der Waals surface area contributed by atoms with Crippen LogP contribution in [0.3, 0.4) is 0 Å². The Morgan fingerprint density at radius 2 is 1.91 bits per heavy atom. The summed E-state index contributed by atoms with van der Waals surface area (Å²) >= 11 is 0. The number of anilines is 2. The molecule has 2 aromatic carbocycles. The molecule has 1 aliphatic rings. The van der Waals surface area contributed by atoms with Crippen molar-refractivity contribution in [1.29, 1.82) is 0 Å². The first-order valence-electron chi connectivity index (χ1n) is 7.74. The third-order valence-corrected chi connectivity index (χ3v) is 4.34. The van der Waals surface area contributed by atoms with Gasteiger partial charge in [0, 0.05) is 35.5 Å². The predicted molar refractivity (Wildman–Crippen MR) is 92.5 cm³/mol. The SMILES string of the molecule is Cc1cnc2ccccc2c1NC1CNc2ccccc2C1. The van der Waals surface area contributed by atoms with Crippen LogP contribution in [0.25, 0.3) is 10.9 Å². The molecule has 0 saturated heterocycles.